The fourth-order valence-corrected chi connectivity index (χ4v) is 4.40. The number of benzene rings is 1. The van der Waals surface area contributed by atoms with Crippen LogP contribution in [0.1, 0.15) is 105 Å². The van der Waals surface area contributed by atoms with Gasteiger partial charge in [0.2, 0.25) is 0 Å². The minimum absolute atomic E-state index is 0.0155. The standard InChI is InChI=1S/C17H28N2O3.C14H23N.C2H6/c1-5-12(4)15(20)10-19-14-8-7-11(3)9-13(14)16(18)17(21)22-6-2;1-5-10-15(11-6-2)14-9-7-8-12(3)13(14)4;1-2/h11-12H,5-10,18H2,1-4H3;7-9H,5-6,10-11H2,1-4H3;1-2H3/b16-13-,19-14?;;. The van der Waals surface area contributed by atoms with E-state index in [-0.39, 0.29) is 23.9 Å². The van der Waals surface area contributed by atoms with Crippen molar-refractivity contribution in [1.29, 1.82) is 0 Å². The zero-order valence-corrected chi connectivity index (χ0v) is 26.7. The molecule has 0 aliphatic heterocycles. The Labute approximate surface area is 239 Å². The molecule has 0 bridgehead atoms. The number of aliphatic imine (C=N–C) groups is 1. The molecule has 0 spiro atoms. The molecule has 1 aliphatic carbocycles. The number of hydrogen-bond donors (Lipinski definition) is 1. The second-order valence-electron chi connectivity index (χ2n) is 10.2. The monoisotopic (exact) mass is 543 g/mol. The third kappa shape index (κ3) is 12.4. The summed E-state index contributed by atoms with van der Waals surface area (Å²) in [6, 6.07) is 6.60. The summed E-state index contributed by atoms with van der Waals surface area (Å²) in [4.78, 5) is 30.8. The molecule has 1 fully saturated rings. The number of Topliss-reactive ketones (excluding diaryl/α,β-unsaturated/α-hetero) is 1. The molecule has 0 radical (unpaired) electrons. The van der Waals surface area contributed by atoms with Crippen LogP contribution in [0.4, 0.5) is 5.69 Å². The Bertz CT molecular complexity index is 930. The average Bonchev–Trinajstić information content (AvgIpc) is 2.94. The number of hydrogen-bond acceptors (Lipinski definition) is 6. The quantitative estimate of drug-likeness (QED) is 0.229. The summed E-state index contributed by atoms with van der Waals surface area (Å²) in [7, 11) is 0. The third-order valence-electron chi connectivity index (χ3n) is 7.09. The lowest BCUT2D eigenvalue weighted by Gasteiger charge is -2.26. The second-order valence-corrected chi connectivity index (χ2v) is 10.2. The second kappa shape index (κ2) is 20.3. The van der Waals surface area contributed by atoms with E-state index in [4.69, 9.17) is 10.5 Å². The molecule has 2 N–H and O–H groups in total. The van der Waals surface area contributed by atoms with Gasteiger partial charge in [-0.05, 0) is 82.4 Å². The van der Waals surface area contributed by atoms with Crippen molar-refractivity contribution < 1.29 is 14.3 Å². The maximum absolute atomic E-state index is 11.9. The molecule has 2 unspecified atom stereocenters. The Hall–Kier alpha value is -2.63. The smallest absolute Gasteiger partial charge is 0.354 e. The number of allylic oxidation sites excluding steroid dienone is 1. The molecule has 0 amide bonds. The molecule has 222 valence electrons. The molecule has 0 saturated heterocycles. The van der Waals surface area contributed by atoms with Crippen LogP contribution in [0.2, 0.25) is 0 Å². The molecule has 6 nitrogen and oxygen atoms in total. The van der Waals surface area contributed by atoms with Gasteiger partial charge in [0.1, 0.15) is 5.70 Å². The SMILES string of the molecule is CC.CCCN(CCC)c1cccc(C)c1C.CCOC(=O)/C(N)=C1\CC(C)CCC1=NCC(=O)C(C)CC. The van der Waals surface area contributed by atoms with Gasteiger partial charge in [0.05, 0.1) is 13.2 Å². The van der Waals surface area contributed by atoms with Gasteiger partial charge >= 0.3 is 5.97 Å². The van der Waals surface area contributed by atoms with Crippen molar-refractivity contribution in [2.24, 2.45) is 22.6 Å². The summed E-state index contributed by atoms with van der Waals surface area (Å²) in [5.74, 6) is 0.101. The van der Waals surface area contributed by atoms with E-state index in [0.29, 0.717) is 18.9 Å². The van der Waals surface area contributed by atoms with E-state index in [1.165, 1.54) is 29.7 Å². The van der Waals surface area contributed by atoms with Gasteiger partial charge in [-0.25, -0.2) is 4.79 Å². The van der Waals surface area contributed by atoms with Gasteiger partial charge in [-0.15, -0.1) is 0 Å². The fraction of sp³-hybridized carbons (Fsp3) is 0.667. The first-order valence-corrected chi connectivity index (χ1v) is 15.1. The molecule has 0 heterocycles. The molecule has 0 aromatic heterocycles. The van der Waals surface area contributed by atoms with E-state index in [9.17, 15) is 9.59 Å². The van der Waals surface area contributed by atoms with Crippen LogP contribution in [0.25, 0.3) is 0 Å². The average molecular weight is 544 g/mol. The number of anilines is 1. The normalized spacial score (nSPS) is 17.7. The van der Waals surface area contributed by atoms with Gasteiger partial charge in [0.15, 0.2) is 5.78 Å². The van der Waals surface area contributed by atoms with Crippen LogP contribution >= 0.6 is 0 Å². The highest BCUT2D eigenvalue weighted by Crippen LogP contribution is 2.28. The molecule has 1 aliphatic rings. The lowest BCUT2D eigenvalue weighted by molar-refractivity contribution is -0.138. The Morgan fingerprint density at radius 3 is 2.26 bits per heavy atom. The van der Waals surface area contributed by atoms with Crippen LogP contribution in [0.5, 0.6) is 0 Å². The maximum Gasteiger partial charge on any atom is 0.354 e. The Morgan fingerprint density at radius 1 is 1.10 bits per heavy atom. The third-order valence-corrected chi connectivity index (χ3v) is 7.09. The topological polar surface area (TPSA) is 85.0 Å². The van der Waals surface area contributed by atoms with Crippen molar-refractivity contribution in [1.82, 2.24) is 0 Å². The molecule has 1 saturated carbocycles. The molecule has 1 aromatic rings. The van der Waals surface area contributed by atoms with E-state index in [1.54, 1.807) is 6.92 Å². The number of ether oxygens (including phenoxy) is 1. The highest BCUT2D eigenvalue weighted by molar-refractivity contribution is 6.07. The van der Waals surface area contributed by atoms with Crippen molar-refractivity contribution in [3.05, 3.63) is 40.6 Å². The van der Waals surface area contributed by atoms with E-state index < -0.39 is 5.97 Å². The van der Waals surface area contributed by atoms with Crippen molar-refractivity contribution in [3.63, 3.8) is 0 Å². The molecule has 2 rings (SSSR count). The first kappa shape index (κ1) is 36.4. The lowest BCUT2D eigenvalue weighted by Crippen LogP contribution is -2.26. The van der Waals surface area contributed by atoms with Crippen LogP contribution in [0, 0.1) is 25.7 Å². The molecule has 1 aromatic carbocycles. The summed E-state index contributed by atoms with van der Waals surface area (Å²) < 4.78 is 4.98. The first-order valence-electron chi connectivity index (χ1n) is 15.1. The highest BCUT2D eigenvalue weighted by Gasteiger charge is 2.25. The van der Waals surface area contributed by atoms with Crippen molar-refractivity contribution in [3.8, 4) is 0 Å². The molecule has 39 heavy (non-hydrogen) atoms. The zero-order chi connectivity index (χ0) is 30.0. The predicted octanol–water partition coefficient (Wildman–Crippen LogP) is 7.59. The van der Waals surface area contributed by atoms with Crippen LogP contribution in [0.15, 0.2) is 34.5 Å². The maximum atomic E-state index is 11.9. The number of nitrogens with zero attached hydrogens (tertiary/aromatic N) is 2. The minimum Gasteiger partial charge on any atom is -0.461 e. The number of ketones is 1. The van der Waals surface area contributed by atoms with Crippen LogP contribution in [-0.2, 0) is 14.3 Å². The van der Waals surface area contributed by atoms with E-state index >= 15 is 0 Å². The number of nitrogens with two attached hydrogens (primary N) is 1. The van der Waals surface area contributed by atoms with Gasteiger partial charge in [0.25, 0.3) is 0 Å². The van der Waals surface area contributed by atoms with E-state index in [1.807, 2.05) is 27.7 Å². The first-order chi connectivity index (χ1) is 18.6. The molecule has 2 atom stereocenters. The van der Waals surface area contributed by atoms with Crippen LogP contribution in [-0.4, -0.2) is 43.7 Å². The summed E-state index contributed by atoms with van der Waals surface area (Å²) >= 11 is 0. The molecule has 6 heteroatoms. The number of esters is 1. The number of rotatable bonds is 11. The Kier molecular flexibility index (Phi) is 18.9. The summed E-state index contributed by atoms with van der Waals surface area (Å²) in [6.07, 6.45) is 5.70. The highest BCUT2D eigenvalue weighted by atomic mass is 16.5. The van der Waals surface area contributed by atoms with Gasteiger partial charge in [-0.2, -0.15) is 0 Å². The molecular formula is C33H57N3O3. The number of carbonyl (C=O) groups excluding carboxylic acids is 2. The van der Waals surface area contributed by atoms with Gasteiger partial charge in [-0.3, -0.25) is 9.79 Å². The Morgan fingerprint density at radius 2 is 1.72 bits per heavy atom. The van der Waals surface area contributed by atoms with Crippen molar-refractivity contribution in [2.45, 2.75) is 108 Å². The molecular weight excluding hydrogens is 486 g/mol. The largest absolute Gasteiger partial charge is 0.461 e. The van der Waals surface area contributed by atoms with Gasteiger partial charge < -0.3 is 15.4 Å². The summed E-state index contributed by atoms with van der Waals surface area (Å²) in [5.41, 5.74) is 11.9. The van der Waals surface area contributed by atoms with Crippen molar-refractivity contribution >= 4 is 23.2 Å². The van der Waals surface area contributed by atoms with Gasteiger partial charge in [0, 0.05) is 36.0 Å². The minimum atomic E-state index is -0.493. The Balaban J connectivity index is 0.000000740. The lowest BCUT2D eigenvalue weighted by atomic mass is 9.84. The number of aryl methyl sites for hydroxylation is 1. The van der Waals surface area contributed by atoms with E-state index in [0.717, 1.165) is 43.6 Å². The summed E-state index contributed by atoms with van der Waals surface area (Å²) in [5, 5.41) is 0. The van der Waals surface area contributed by atoms with Crippen LogP contribution in [0.3, 0.4) is 0 Å². The van der Waals surface area contributed by atoms with Gasteiger partial charge in [-0.1, -0.05) is 60.6 Å². The van der Waals surface area contributed by atoms with Crippen molar-refractivity contribution in [2.75, 3.05) is 31.1 Å². The summed E-state index contributed by atoms with van der Waals surface area (Å²) in [6.45, 7) is 23.5. The zero-order valence-electron chi connectivity index (χ0n) is 26.7. The van der Waals surface area contributed by atoms with Crippen LogP contribution < -0.4 is 10.6 Å². The fourth-order valence-electron chi connectivity index (χ4n) is 4.40. The number of carbonyl (C=O) groups is 2. The van der Waals surface area contributed by atoms with E-state index in [2.05, 4.69) is 62.7 Å². The predicted molar refractivity (Wildman–Crippen MR) is 168 cm³/mol.